The summed E-state index contributed by atoms with van der Waals surface area (Å²) in [5.74, 6) is 1.18. The van der Waals surface area contributed by atoms with Gasteiger partial charge in [0, 0.05) is 21.1 Å². The number of nitrogens with one attached hydrogen (secondary N) is 1. The SMILES string of the molecule is Cc1nc(NC(=O)CSc2nnc(COc3ccccc3)n2C)sc1C(=O)N(C)C. The van der Waals surface area contributed by atoms with Crippen molar-refractivity contribution in [3.05, 3.63) is 46.7 Å². The van der Waals surface area contributed by atoms with E-state index in [1.54, 1.807) is 25.6 Å². The first-order chi connectivity index (χ1) is 14.3. The van der Waals surface area contributed by atoms with E-state index in [-0.39, 0.29) is 24.2 Å². The summed E-state index contributed by atoms with van der Waals surface area (Å²) in [5.41, 5.74) is 0.595. The summed E-state index contributed by atoms with van der Waals surface area (Å²) in [6.07, 6.45) is 0. The van der Waals surface area contributed by atoms with Crippen LogP contribution in [-0.2, 0) is 18.4 Å². The highest BCUT2D eigenvalue weighted by atomic mass is 32.2. The van der Waals surface area contributed by atoms with Crippen molar-refractivity contribution in [3.63, 3.8) is 0 Å². The Labute approximate surface area is 182 Å². The summed E-state index contributed by atoms with van der Waals surface area (Å²) >= 11 is 2.43. The van der Waals surface area contributed by atoms with E-state index in [1.807, 2.05) is 37.4 Å². The number of para-hydroxylation sites is 1. The Morgan fingerprint density at radius 2 is 1.97 bits per heavy atom. The molecule has 3 rings (SSSR count). The van der Waals surface area contributed by atoms with E-state index in [4.69, 9.17) is 4.74 Å². The third-order valence-corrected chi connectivity index (χ3v) is 6.09. The van der Waals surface area contributed by atoms with Gasteiger partial charge in [0.25, 0.3) is 5.91 Å². The number of thioether (sulfide) groups is 1. The minimum atomic E-state index is -0.234. The number of ether oxygens (including phenoxy) is 1. The zero-order valence-corrected chi connectivity index (χ0v) is 18.7. The molecular formula is C19H22N6O3S2. The van der Waals surface area contributed by atoms with Crippen LogP contribution in [0.3, 0.4) is 0 Å². The quantitative estimate of drug-likeness (QED) is 0.531. The van der Waals surface area contributed by atoms with E-state index >= 15 is 0 Å². The Hall–Kier alpha value is -2.92. The molecule has 1 aromatic carbocycles. The zero-order chi connectivity index (χ0) is 21.7. The van der Waals surface area contributed by atoms with Crippen molar-refractivity contribution < 1.29 is 14.3 Å². The maximum absolute atomic E-state index is 12.3. The lowest BCUT2D eigenvalue weighted by molar-refractivity contribution is -0.113. The maximum atomic E-state index is 12.3. The lowest BCUT2D eigenvalue weighted by Crippen LogP contribution is -2.21. The number of carbonyl (C=O) groups is 2. The van der Waals surface area contributed by atoms with Gasteiger partial charge in [-0.05, 0) is 19.1 Å². The standard InChI is InChI=1S/C19H22N6O3S2/c1-12-16(17(27)24(2)3)30-18(20-12)21-15(26)11-29-19-23-22-14(25(19)4)10-28-13-8-6-5-7-9-13/h5-9H,10-11H2,1-4H3,(H,20,21,26). The van der Waals surface area contributed by atoms with E-state index in [2.05, 4.69) is 20.5 Å². The van der Waals surface area contributed by atoms with Crippen LogP contribution in [0.25, 0.3) is 0 Å². The Morgan fingerprint density at radius 3 is 2.67 bits per heavy atom. The van der Waals surface area contributed by atoms with Crippen LogP contribution in [0.5, 0.6) is 5.75 Å². The topological polar surface area (TPSA) is 102 Å². The number of aryl methyl sites for hydroxylation is 1. The summed E-state index contributed by atoms with van der Waals surface area (Å²) in [6.45, 7) is 2.03. The Morgan fingerprint density at radius 1 is 1.23 bits per heavy atom. The molecule has 1 N–H and O–H groups in total. The van der Waals surface area contributed by atoms with Gasteiger partial charge < -0.3 is 19.5 Å². The molecule has 0 spiro atoms. The number of amides is 2. The maximum Gasteiger partial charge on any atom is 0.265 e. The van der Waals surface area contributed by atoms with Crippen molar-refractivity contribution in [1.29, 1.82) is 0 Å². The highest BCUT2D eigenvalue weighted by Crippen LogP contribution is 2.24. The highest BCUT2D eigenvalue weighted by Gasteiger charge is 2.18. The first-order valence-corrected chi connectivity index (χ1v) is 10.8. The molecule has 9 nitrogen and oxygen atoms in total. The minimum absolute atomic E-state index is 0.135. The predicted octanol–water partition coefficient (Wildman–Crippen LogP) is 2.59. The molecule has 0 atom stereocenters. The molecule has 2 aromatic heterocycles. The number of aromatic nitrogens is 4. The number of anilines is 1. The summed E-state index contributed by atoms with van der Waals surface area (Å²) in [5, 5.41) is 12.0. The number of hydrogen-bond acceptors (Lipinski definition) is 8. The van der Waals surface area contributed by atoms with Gasteiger partial charge in [-0.3, -0.25) is 9.59 Å². The molecule has 0 saturated heterocycles. The molecule has 0 aliphatic carbocycles. The number of rotatable bonds is 8. The van der Waals surface area contributed by atoms with Gasteiger partial charge in [0.2, 0.25) is 5.91 Å². The van der Waals surface area contributed by atoms with Gasteiger partial charge in [0.15, 0.2) is 16.1 Å². The fraction of sp³-hybridized carbons (Fsp3) is 0.316. The average molecular weight is 447 g/mol. The van der Waals surface area contributed by atoms with Crippen LogP contribution in [-0.4, -0.2) is 56.3 Å². The molecule has 11 heteroatoms. The molecule has 158 valence electrons. The Kier molecular flexibility index (Phi) is 7.06. The monoisotopic (exact) mass is 446 g/mol. The third-order valence-electron chi connectivity index (χ3n) is 4.01. The second kappa shape index (κ2) is 9.72. The summed E-state index contributed by atoms with van der Waals surface area (Å²) in [6, 6.07) is 9.45. The molecule has 0 aliphatic rings. The van der Waals surface area contributed by atoms with E-state index in [0.717, 1.165) is 17.1 Å². The van der Waals surface area contributed by atoms with Gasteiger partial charge >= 0.3 is 0 Å². The fourth-order valence-electron chi connectivity index (χ4n) is 2.40. The van der Waals surface area contributed by atoms with Crippen molar-refractivity contribution in [2.24, 2.45) is 7.05 Å². The number of thiazole rings is 1. The van der Waals surface area contributed by atoms with Gasteiger partial charge in [0.05, 0.1) is 11.4 Å². The molecule has 0 fully saturated rings. The molecule has 3 aromatic rings. The van der Waals surface area contributed by atoms with Crippen molar-refractivity contribution in [1.82, 2.24) is 24.6 Å². The first-order valence-electron chi connectivity index (χ1n) is 9.03. The second-order valence-corrected chi connectivity index (χ2v) is 8.47. The number of carbonyl (C=O) groups excluding carboxylic acids is 2. The third kappa shape index (κ3) is 5.36. The molecule has 0 saturated carbocycles. The Balaban J connectivity index is 1.53. The van der Waals surface area contributed by atoms with Gasteiger partial charge in [0.1, 0.15) is 17.2 Å². The van der Waals surface area contributed by atoms with Crippen LogP contribution >= 0.6 is 23.1 Å². The van der Waals surface area contributed by atoms with Crippen LogP contribution in [0, 0.1) is 6.92 Å². The number of hydrogen-bond donors (Lipinski definition) is 1. The van der Waals surface area contributed by atoms with Gasteiger partial charge in [-0.1, -0.05) is 41.3 Å². The van der Waals surface area contributed by atoms with Crippen LogP contribution in [0.1, 0.15) is 21.2 Å². The molecule has 30 heavy (non-hydrogen) atoms. The Bertz CT molecular complexity index is 1030. The van der Waals surface area contributed by atoms with Crippen molar-refractivity contribution >= 4 is 40.0 Å². The van der Waals surface area contributed by atoms with Gasteiger partial charge in [-0.15, -0.1) is 10.2 Å². The summed E-state index contributed by atoms with van der Waals surface area (Å²) < 4.78 is 7.48. The van der Waals surface area contributed by atoms with Crippen molar-refractivity contribution in [2.45, 2.75) is 18.7 Å². The molecule has 2 amide bonds. The lowest BCUT2D eigenvalue weighted by atomic mass is 10.3. The molecule has 0 unspecified atom stereocenters. The normalized spacial score (nSPS) is 10.7. The van der Waals surface area contributed by atoms with Crippen molar-refractivity contribution in [2.75, 3.05) is 25.2 Å². The van der Waals surface area contributed by atoms with Crippen LogP contribution < -0.4 is 10.1 Å². The average Bonchev–Trinajstić information content (AvgIpc) is 3.26. The van der Waals surface area contributed by atoms with E-state index in [0.29, 0.717) is 26.7 Å². The lowest BCUT2D eigenvalue weighted by Gasteiger charge is -2.07. The van der Waals surface area contributed by atoms with Gasteiger partial charge in [-0.25, -0.2) is 4.98 Å². The second-order valence-electron chi connectivity index (χ2n) is 6.53. The van der Waals surface area contributed by atoms with E-state index in [9.17, 15) is 9.59 Å². The molecule has 0 radical (unpaired) electrons. The van der Waals surface area contributed by atoms with Crippen LogP contribution in [0.15, 0.2) is 35.5 Å². The molecule has 0 aliphatic heterocycles. The molecule has 0 bridgehead atoms. The van der Waals surface area contributed by atoms with Crippen LogP contribution in [0.2, 0.25) is 0 Å². The fourth-order valence-corrected chi connectivity index (χ4v) is 4.13. The molecular weight excluding hydrogens is 424 g/mol. The zero-order valence-electron chi connectivity index (χ0n) is 17.1. The molecule has 2 heterocycles. The smallest absolute Gasteiger partial charge is 0.265 e. The summed E-state index contributed by atoms with van der Waals surface area (Å²) in [4.78, 5) is 30.7. The summed E-state index contributed by atoms with van der Waals surface area (Å²) in [7, 11) is 5.18. The van der Waals surface area contributed by atoms with E-state index in [1.165, 1.54) is 16.7 Å². The van der Waals surface area contributed by atoms with Crippen LogP contribution in [0.4, 0.5) is 5.13 Å². The first kappa shape index (κ1) is 21.8. The van der Waals surface area contributed by atoms with E-state index < -0.39 is 0 Å². The number of nitrogens with zero attached hydrogens (tertiary/aromatic N) is 5. The number of benzene rings is 1. The van der Waals surface area contributed by atoms with Crippen molar-refractivity contribution in [3.8, 4) is 5.75 Å². The minimum Gasteiger partial charge on any atom is -0.486 e. The highest BCUT2D eigenvalue weighted by molar-refractivity contribution is 7.99. The largest absolute Gasteiger partial charge is 0.486 e. The predicted molar refractivity (Wildman–Crippen MR) is 116 cm³/mol. The van der Waals surface area contributed by atoms with Gasteiger partial charge in [-0.2, -0.15) is 0 Å².